The maximum Gasteiger partial charge on any atom is 0.265 e. The van der Waals surface area contributed by atoms with E-state index in [0.29, 0.717) is 0 Å². The summed E-state index contributed by atoms with van der Waals surface area (Å²) < 4.78 is 6.32. The van der Waals surface area contributed by atoms with Gasteiger partial charge in [-0.3, -0.25) is 5.21 Å². The van der Waals surface area contributed by atoms with Gasteiger partial charge in [0, 0.05) is 0 Å². The minimum absolute atomic E-state index is 0.0576. The van der Waals surface area contributed by atoms with Crippen LogP contribution in [0.1, 0.15) is 6.23 Å². The first-order chi connectivity index (χ1) is 7.67. The summed E-state index contributed by atoms with van der Waals surface area (Å²) in [6.45, 7) is -0.408. The highest BCUT2D eigenvalue weighted by atomic mass is 16.6. The molecule has 0 aromatic carbocycles. The molecule has 90 valence electrons. The molecule has 5 N–H and O–H groups in total. The first-order valence-electron chi connectivity index (χ1n) is 4.61. The third-order valence-electron chi connectivity index (χ3n) is 2.39. The van der Waals surface area contributed by atoms with Crippen molar-refractivity contribution in [1.29, 1.82) is 0 Å². The van der Waals surface area contributed by atoms with Gasteiger partial charge in [0.2, 0.25) is 0 Å². The molecule has 1 aliphatic heterocycles. The van der Waals surface area contributed by atoms with Gasteiger partial charge in [-0.1, -0.05) is 0 Å². The molecule has 0 bridgehead atoms. The Morgan fingerprint density at radius 3 is 2.69 bits per heavy atom. The summed E-state index contributed by atoms with van der Waals surface area (Å²) >= 11 is 0. The average Bonchev–Trinajstić information content (AvgIpc) is 2.86. The number of rotatable bonds is 3. The minimum Gasteiger partial charge on any atom is -0.394 e. The zero-order chi connectivity index (χ0) is 11.7. The highest BCUT2D eigenvalue weighted by molar-refractivity contribution is 5.15. The summed E-state index contributed by atoms with van der Waals surface area (Å²) in [6.07, 6.45) is -2.99. The second-order valence-electron chi connectivity index (χ2n) is 3.39. The molecule has 1 saturated heterocycles. The van der Waals surface area contributed by atoms with Gasteiger partial charge in [-0.15, -0.1) is 5.10 Å². The molecule has 1 fully saturated rings. The molecule has 2 heterocycles. The molecule has 0 spiro atoms. The van der Waals surface area contributed by atoms with E-state index in [9.17, 15) is 10.2 Å². The number of nitrogens with zero attached hydrogens (tertiary/aromatic N) is 3. The van der Waals surface area contributed by atoms with Crippen molar-refractivity contribution < 1.29 is 25.3 Å². The van der Waals surface area contributed by atoms with Gasteiger partial charge >= 0.3 is 0 Å². The van der Waals surface area contributed by atoms with E-state index in [1.165, 1.54) is 6.33 Å². The normalized spacial score (nSPS) is 34.2. The molecule has 9 nitrogen and oxygen atoms in total. The smallest absolute Gasteiger partial charge is 0.265 e. The Balaban J connectivity index is 2.16. The minimum atomic E-state index is -1.22. The van der Waals surface area contributed by atoms with Crippen molar-refractivity contribution in [2.24, 2.45) is 0 Å². The lowest BCUT2D eigenvalue weighted by Crippen LogP contribution is -2.33. The molecular weight excluding hydrogens is 220 g/mol. The van der Waals surface area contributed by atoms with Gasteiger partial charge in [0.25, 0.3) is 5.95 Å². The van der Waals surface area contributed by atoms with Crippen molar-refractivity contribution in [2.75, 3.05) is 12.1 Å². The number of aliphatic hydroxyl groups excluding tert-OH is 3. The van der Waals surface area contributed by atoms with Crippen LogP contribution >= 0.6 is 0 Å². The number of ether oxygens (including phenoxy) is 1. The van der Waals surface area contributed by atoms with Crippen molar-refractivity contribution in [3.05, 3.63) is 6.33 Å². The Morgan fingerprint density at radius 1 is 1.44 bits per heavy atom. The molecule has 0 unspecified atom stereocenters. The van der Waals surface area contributed by atoms with Crippen molar-refractivity contribution in [3.63, 3.8) is 0 Å². The lowest BCUT2D eigenvalue weighted by Gasteiger charge is -2.13. The van der Waals surface area contributed by atoms with Crippen molar-refractivity contribution in [3.8, 4) is 0 Å². The lowest BCUT2D eigenvalue weighted by atomic mass is 10.1. The fourth-order valence-corrected chi connectivity index (χ4v) is 1.55. The van der Waals surface area contributed by atoms with E-state index in [4.69, 9.17) is 15.1 Å². The standard InChI is InChI=1S/C7H12N4O5/c12-1-3-4(13)5(14)6(16-3)11-2-8-7(9-11)10-15/h2-6,12-15H,1H2,(H,9,10)/t3-,4-,5-,6-/m1/s1. The van der Waals surface area contributed by atoms with Gasteiger partial charge < -0.3 is 20.1 Å². The first kappa shape index (κ1) is 11.2. The Morgan fingerprint density at radius 2 is 2.19 bits per heavy atom. The van der Waals surface area contributed by atoms with Crippen LogP contribution in [0.4, 0.5) is 5.95 Å². The molecule has 1 aromatic rings. The van der Waals surface area contributed by atoms with Crippen molar-refractivity contribution in [1.82, 2.24) is 14.8 Å². The number of hydrogen-bond donors (Lipinski definition) is 5. The zero-order valence-electron chi connectivity index (χ0n) is 8.13. The Hall–Kier alpha value is -1.26. The topological polar surface area (TPSA) is 133 Å². The summed E-state index contributed by atoms with van der Waals surface area (Å²) in [5.74, 6) is -0.0576. The fraction of sp³-hybridized carbons (Fsp3) is 0.714. The maximum atomic E-state index is 9.64. The molecule has 0 aliphatic carbocycles. The van der Waals surface area contributed by atoms with E-state index in [0.717, 1.165) is 4.68 Å². The predicted molar refractivity (Wildman–Crippen MR) is 48.4 cm³/mol. The van der Waals surface area contributed by atoms with Crippen LogP contribution in [0.25, 0.3) is 0 Å². The van der Waals surface area contributed by atoms with Crippen molar-refractivity contribution in [2.45, 2.75) is 24.5 Å². The second kappa shape index (κ2) is 4.31. The SMILES string of the molecule is OC[C@H]1O[C@@H](n2cnc(NO)n2)[C@H](O)[C@@H]1O. The van der Waals surface area contributed by atoms with Gasteiger partial charge in [-0.25, -0.2) is 10.2 Å². The fourth-order valence-electron chi connectivity index (χ4n) is 1.55. The van der Waals surface area contributed by atoms with Gasteiger partial charge in [0.15, 0.2) is 6.23 Å². The summed E-state index contributed by atoms with van der Waals surface area (Å²) in [6, 6.07) is 0. The molecular formula is C7H12N4O5. The maximum absolute atomic E-state index is 9.64. The molecule has 9 heteroatoms. The molecule has 2 rings (SSSR count). The molecule has 0 radical (unpaired) electrons. The molecule has 1 aliphatic rings. The van der Waals surface area contributed by atoms with Crippen LogP contribution in [0.2, 0.25) is 0 Å². The largest absolute Gasteiger partial charge is 0.394 e. The van der Waals surface area contributed by atoms with Gasteiger partial charge in [-0.05, 0) is 0 Å². The second-order valence-corrected chi connectivity index (χ2v) is 3.39. The quantitative estimate of drug-likeness (QED) is 0.367. The summed E-state index contributed by atoms with van der Waals surface area (Å²) in [5, 5.41) is 40.3. The summed E-state index contributed by atoms with van der Waals surface area (Å²) in [7, 11) is 0. The number of nitrogens with one attached hydrogen (secondary N) is 1. The van der Waals surface area contributed by atoms with Gasteiger partial charge in [-0.2, -0.15) is 4.98 Å². The third-order valence-corrected chi connectivity index (χ3v) is 2.39. The van der Waals surface area contributed by atoms with Crippen LogP contribution in [0.15, 0.2) is 6.33 Å². The van der Waals surface area contributed by atoms with E-state index in [1.807, 2.05) is 0 Å². The Labute approximate surface area is 89.9 Å². The highest BCUT2D eigenvalue weighted by Crippen LogP contribution is 2.28. The van der Waals surface area contributed by atoms with Crippen LogP contribution in [0.3, 0.4) is 0 Å². The molecule has 1 aromatic heterocycles. The first-order valence-corrected chi connectivity index (χ1v) is 4.61. The van der Waals surface area contributed by atoms with Crippen LogP contribution in [-0.2, 0) is 4.74 Å². The Kier molecular flexibility index (Phi) is 3.03. The van der Waals surface area contributed by atoms with E-state index in [-0.39, 0.29) is 5.95 Å². The van der Waals surface area contributed by atoms with Crippen molar-refractivity contribution >= 4 is 5.95 Å². The number of hydrogen-bond acceptors (Lipinski definition) is 8. The number of anilines is 1. The summed E-state index contributed by atoms with van der Waals surface area (Å²) in [5.41, 5.74) is 1.73. The molecule has 0 amide bonds. The van der Waals surface area contributed by atoms with E-state index < -0.39 is 31.1 Å². The van der Waals surface area contributed by atoms with Crippen LogP contribution in [0, 0.1) is 0 Å². The monoisotopic (exact) mass is 232 g/mol. The predicted octanol–water partition coefficient (Wildman–Crippen LogP) is -2.31. The van der Waals surface area contributed by atoms with Gasteiger partial charge in [0.1, 0.15) is 24.6 Å². The number of aliphatic hydroxyl groups is 3. The number of aromatic nitrogens is 3. The van der Waals surface area contributed by atoms with Gasteiger partial charge in [0.05, 0.1) is 6.61 Å². The zero-order valence-corrected chi connectivity index (χ0v) is 8.13. The van der Waals surface area contributed by atoms with E-state index in [2.05, 4.69) is 10.1 Å². The molecule has 4 atom stereocenters. The molecule has 0 saturated carbocycles. The van der Waals surface area contributed by atoms with E-state index in [1.54, 1.807) is 5.48 Å². The third kappa shape index (κ3) is 1.74. The van der Waals surface area contributed by atoms with E-state index >= 15 is 0 Å². The highest BCUT2D eigenvalue weighted by Gasteiger charge is 2.43. The summed E-state index contributed by atoms with van der Waals surface area (Å²) in [4.78, 5) is 3.65. The van der Waals surface area contributed by atoms with Crippen LogP contribution < -0.4 is 5.48 Å². The van der Waals surface area contributed by atoms with Crippen LogP contribution in [0.5, 0.6) is 0 Å². The molecule has 16 heavy (non-hydrogen) atoms. The Bertz CT molecular complexity index is 358. The van der Waals surface area contributed by atoms with Crippen LogP contribution in [-0.4, -0.2) is 60.2 Å². The average molecular weight is 232 g/mol. The lowest BCUT2D eigenvalue weighted by molar-refractivity contribution is -0.0587.